The fourth-order valence-corrected chi connectivity index (χ4v) is 0.206. The van der Waals surface area contributed by atoms with Crippen molar-refractivity contribution in [2.75, 3.05) is 0 Å². The van der Waals surface area contributed by atoms with Crippen LogP contribution < -0.4 is 0 Å². The molecule has 62 valence electrons. The van der Waals surface area contributed by atoms with Crippen LogP contribution in [0, 0.1) is 11.5 Å². The average molecular weight is 170 g/mol. The van der Waals surface area contributed by atoms with E-state index in [0.717, 1.165) is 0 Å². The summed E-state index contributed by atoms with van der Waals surface area (Å²) in [6, 6.07) is 0. The van der Waals surface area contributed by atoms with Gasteiger partial charge in [-0.05, 0) is 0 Å². The molecule has 1 amide bonds. The molecule has 11 heavy (non-hydrogen) atoms. The molecule has 0 radical (unpaired) electrons. The molecular formula is C3HF3N2O3. The molecule has 0 aromatic heterocycles. The zero-order chi connectivity index (χ0) is 9.07. The number of amides is 1. The monoisotopic (exact) mass is 170 g/mol. The Balaban J connectivity index is 4.13. The number of hydroxylamine groups is 2. The van der Waals surface area contributed by atoms with E-state index in [9.17, 15) is 18.0 Å². The SMILES string of the molecule is N#CN(OC(F)(F)F)C(=O)O. The van der Waals surface area contributed by atoms with E-state index in [2.05, 4.69) is 4.84 Å². The molecule has 0 fully saturated rings. The Hall–Kier alpha value is -1.49. The summed E-state index contributed by atoms with van der Waals surface area (Å²) < 4.78 is 33.5. The van der Waals surface area contributed by atoms with Gasteiger partial charge in [0.05, 0.1) is 0 Å². The van der Waals surface area contributed by atoms with E-state index in [-0.39, 0.29) is 0 Å². The minimum atomic E-state index is -5.17. The molecule has 8 heteroatoms. The highest BCUT2D eigenvalue weighted by atomic mass is 19.4. The second kappa shape index (κ2) is 3.07. The minimum Gasteiger partial charge on any atom is -0.463 e. The van der Waals surface area contributed by atoms with Gasteiger partial charge in [0.2, 0.25) is 6.19 Å². The van der Waals surface area contributed by atoms with E-state index in [4.69, 9.17) is 10.4 Å². The first-order chi connectivity index (χ1) is 4.87. The first-order valence-corrected chi connectivity index (χ1v) is 2.05. The molecule has 0 atom stereocenters. The molecule has 0 aromatic rings. The van der Waals surface area contributed by atoms with E-state index < -0.39 is 17.5 Å². The average Bonchev–Trinajstić information content (AvgIpc) is 1.80. The van der Waals surface area contributed by atoms with E-state index in [1.54, 1.807) is 0 Å². The number of halogens is 3. The molecule has 0 saturated heterocycles. The van der Waals surface area contributed by atoms with Gasteiger partial charge in [-0.3, -0.25) is 0 Å². The largest absolute Gasteiger partial charge is 0.545 e. The lowest BCUT2D eigenvalue weighted by molar-refractivity contribution is -0.387. The third-order valence-electron chi connectivity index (χ3n) is 0.459. The molecule has 0 aliphatic rings. The van der Waals surface area contributed by atoms with Crippen LogP contribution >= 0.6 is 0 Å². The second-order valence-electron chi connectivity index (χ2n) is 1.21. The Kier molecular flexibility index (Phi) is 2.65. The Morgan fingerprint density at radius 1 is 1.64 bits per heavy atom. The predicted molar refractivity (Wildman–Crippen MR) is 22.6 cm³/mol. The van der Waals surface area contributed by atoms with Crippen LogP contribution in [0.4, 0.5) is 18.0 Å². The summed E-state index contributed by atoms with van der Waals surface area (Å²) in [6.45, 7) is 0. The lowest BCUT2D eigenvalue weighted by Crippen LogP contribution is -2.31. The molecular weight excluding hydrogens is 169 g/mol. The topological polar surface area (TPSA) is 73.6 Å². The number of alkyl halides is 3. The normalized spacial score (nSPS) is 10.4. The number of hydrogen-bond acceptors (Lipinski definition) is 3. The van der Waals surface area contributed by atoms with Gasteiger partial charge in [0.25, 0.3) is 0 Å². The number of carbonyl (C=O) groups is 1. The zero-order valence-corrected chi connectivity index (χ0v) is 4.79. The highest BCUT2D eigenvalue weighted by Gasteiger charge is 2.36. The molecule has 0 bridgehead atoms. The predicted octanol–water partition coefficient (Wildman–Crippen LogP) is 0.899. The van der Waals surface area contributed by atoms with Gasteiger partial charge in [-0.15, -0.1) is 13.2 Å². The highest BCUT2D eigenvalue weighted by Crippen LogP contribution is 2.17. The first kappa shape index (κ1) is 9.51. The van der Waals surface area contributed by atoms with E-state index >= 15 is 0 Å². The third kappa shape index (κ3) is 3.99. The van der Waals surface area contributed by atoms with Crippen LogP contribution in [0.25, 0.3) is 0 Å². The van der Waals surface area contributed by atoms with Crippen molar-refractivity contribution in [1.82, 2.24) is 5.06 Å². The summed E-state index contributed by atoms with van der Waals surface area (Å²) in [5, 5.41) is 14.6. The lowest BCUT2D eigenvalue weighted by atomic mass is 11.0. The van der Waals surface area contributed by atoms with Gasteiger partial charge in [0.15, 0.2) is 0 Å². The Bertz CT molecular complexity index is 195. The summed E-state index contributed by atoms with van der Waals surface area (Å²) in [7, 11) is 0. The van der Waals surface area contributed by atoms with Crippen LogP contribution in [0.3, 0.4) is 0 Å². The molecule has 1 N–H and O–H groups in total. The fraction of sp³-hybridized carbons (Fsp3) is 0.333. The van der Waals surface area contributed by atoms with E-state index in [0.29, 0.717) is 6.19 Å². The molecule has 0 aromatic carbocycles. The van der Waals surface area contributed by atoms with Crippen LogP contribution in [0.2, 0.25) is 0 Å². The summed E-state index contributed by atoms with van der Waals surface area (Å²) in [5.41, 5.74) is 0. The Morgan fingerprint density at radius 2 is 2.09 bits per heavy atom. The quantitative estimate of drug-likeness (QED) is 0.360. The number of hydrogen-bond donors (Lipinski definition) is 1. The molecule has 0 saturated carbocycles. The molecule has 0 spiro atoms. The van der Waals surface area contributed by atoms with Gasteiger partial charge in [-0.2, -0.15) is 10.1 Å². The highest BCUT2D eigenvalue weighted by molar-refractivity contribution is 5.65. The van der Waals surface area contributed by atoms with Crippen molar-refractivity contribution >= 4 is 6.09 Å². The van der Waals surface area contributed by atoms with Gasteiger partial charge >= 0.3 is 12.5 Å². The van der Waals surface area contributed by atoms with Crippen molar-refractivity contribution in [2.24, 2.45) is 0 Å². The van der Waals surface area contributed by atoms with Crippen LogP contribution in [-0.2, 0) is 4.84 Å². The molecule has 0 aliphatic heterocycles. The van der Waals surface area contributed by atoms with Gasteiger partial charge in [-0.25, -0.2) is 4.79 Å². The summed E-state index contributed by atoms with van der Waals surface area (Å²) >= 11 is 0. The summed E-state index contributed by atoms with van der Waals surface area (Å²) in [5.74, 6) is 0. The number of nitriles is 1. The van der Waals surface area contributed by atoms with E-state index in [1.807, 2.05) is 0 Å². The molecule has 0 unspecified atom stereocenters. The number of nitrogens with zero attached hydrogens (tertiary/aromatic N) is 2. The number of rotatable bonds is 1. The van der Waals surface area contributed by atoms with Crippen LogP contribution in [0.15, 0.2) is 0 Å². The Labute approximate surface area is 58.1 Å². The summed E-state index contributed by atoms with van der Waals surface area (Å²) in [6.07, 6.45) is -6.66. The number of carboxylic acid groups (broad SMARTS) is 1. The molecule has 0 heterocycles. The Morgan fingerprint density at radius 3 is 2.18 bits per heavy atom. The first-order valence-electron chi connectivity index (χ1n) is 2.05. The second-order valence-corrected chi connectivity index (χ2v) is 1.21. The maximum Gasteiger partial charge on any atom is 0.545 e. The minimum absolute atomic E-state index is 0.650. The standard InChI is InChI=1S/C3HF3N2O3/c4-3(5,6)11-8(1-7)2(9)10/h(H,9,10). The van der Waals surface area contributed by atoms with Gasteiger partial charge in [0, 0.05) is 0 Å². The van der Waals surface area contributed by atoms with Crippen molar-refractivity contribution in [3.8, 4) is 6.19 Å². The van der Waals surface area contributed by atoms with Crippen LogP contribution in [0.1, 0.15) is 0 Å². The van der Waals surface area contributed by atoms with Gasteiger partial charge in [0.1, 0.15) is 0 Å². The maximum atomic E-state index is 11.2. The summed E-state index contributed by atoms with van der Waals surface area (Å²) in [4.78, 5) is 12.4. The lowest BCUT2D eigenvalue weighted by Gasteiger charge is -2.10. The van der Waals surface area contributed by atoms with Crippen molar-refractivity contribution in [1.29, 1.82) is 5.26 Å². The van der Waals surface area contributed by atoms with Crippen molar-refractivity contribution < 1.29 is 27.9 Å². The van der Waals surface area contributed by atoms with Crippen molar-refractivity contribution in [3.05, 3.63) is 0 Å². The smallest absolute Gasteiger partial charge is 0.463 e. The van der Waals surface area contributed by atoms with Crippen LogP contribution in [-0.4, -0.2) is 22.6 Å². The van der Waals surface area contributed by atoms with Crippen molar-refractivity contribution in [2.45, 2.75) is 6.36 Å². The molecule has 0 aliphatic carbocycles. The molecule has 0 rings (SSSR count). The van der Waals surface area contributed by atoms with Gasteiger partial charge < -0.3 is 5.11 Å². The van der Waals surface area contributed by atoms with E-state index in [1.165, 1.54) is 0 Å². The van der Waals surface area contributed by atoms with Crippen molar-refractivity contribution in [3.63, 3.8) is 0 Å². The zero-order valence-electron chi connectivity index (χ0n) is 4.79. The maximum absolute atomic E-state index is 11.2. The van der Waals surface area contributed by atoms with Gasteiger partial charge in [-0.1, -0.05) is 5.06 Å². The fourth-order valence-electron chi connectivity index (χ4n) is 0.206. The van der Waals surface area contributed by atoms with Crippen LogP contribution in [0.5, 0.6) is 0 Å². The third-order valence-corrected chi connectivity index (χ3v) is 0.459. The molecule has 5 nitrogen and oxygen atoms in total.